The Labute approximate surface area is 175 Å². The maximum Gasteiger partial charge on any atom is 0.345 e. The molecule has 11 nitrogen and oxygen atoms in total. The van der Waals surface area contributed by atoms with Crippen molar-refractivity contribution >= 4 is 17.6 Å². The molecule has 0 aromatic heterocycles. The van der Waals surface area contributed by atoms with Crippen molar-refractivity contribution in [3.05, 3.63) is 4.91 Å². The van der Waals surface area contributed by atoms with E-state index in [1.165, 1.54) is 0 Å². The van der Waals surface area contributed by atoms with Gasteiger partial charge in [-0.25, -0.2) is 4.79 Å². The molecule has 0 aromatic rings. The molecule has 1 fully saturated rings. The van der Waals surface area contributed by atoms with Crippen molar-refractivity contribution in [2.45, 2.75) is 70.5 Å². The van der Waals surface area contributed by atoms with Crippen LogP contribution in [0, 0.1) is 10.8 Å². The lowest BCUT2D eigenvalue weighted by Crippen LogP contribution is -2.65. The Morgan fingerprint density at radius 1 is 1.24 bits per heavy atom. The van der Waals surface area contributed by atoms with Gasteiger partial charge in [0.15, 0.2) is 12.5 Å². The molecule has 6 atom stereocenters. The second-order valence-electron chi connectivity index (χ2n) is 7.30. The van der Waals surface area contributed by atoms with Crippen molar-refractivity contribution in [3.8, 4) is 0 Å². The molecule has 0 aliphatic carbocycles. The van der Waals surface area contributed by atoms with Gasteiger partial charge in [-0.1, -0.05) is 27.2 Å². The Morgan fingerprint density at radius 2 is 1.90 bits per heavy atom. The first-order valence-electron chi connectivity index (χ1n) is 9.66. The smallest absolute Gasteiger partial charge is 0.345 e. The molecule has 12 heteroatoms. The fraction of sp³-hybridized carbons (Fsp3) is 0.941. The standard InChI is InChI=1S/C17H32ClN3O8/c1-4-5-8-28-16-13(24)11(22)12(23)14(29-16)15(25)20(9-10(2)3)17(26)21(19-27)7-6-18/h10-16,22-25H,4-9H2,1-3H3/t11-,12-,13+,14-,15?,16-/m0/s1. The highest BCUT2D eigenvalue weighted by molar-refractivity contribution is 6.18. The minimum absolute atomic E-state index is 0.000886. The molecule has 29 heavy (non-hydrogen) atoms. The number of hydrogen-bond donors (Lipinski definition) is 4. The average Bonchev–Trinajstić information content (AvgIpc) is 2.69. The predicted octanol–water partition coefficient (Wildman–Crippen LogP) is 0.229. The van der Waals surface area contributed by atoms with E-state index in [-0.39, 0.29) is 31.5 Å². The number of carbonyl (C=O) groups is 1. The van der Waals surface area contributed by atoms with E-state index in [0.29, 0.717) is 11.4 Å². The maximum atomic E-state index is 12.7. The van der Waals surface area contributed by atoms with E-state index in [1.54, 1.807) is 13.8 Å². The van der Waals surface area contributed by atoms with E-state index in [4.69, 9.17) is 21.1 Å². The number of aliphatic hydroxyl groups excluding tert-OH is 4. The van der Waals surface area contributed by atoms with Crippen molar-refractivity contribution in [2.24, 2.45) is 11.2 Å². The Morgan fingerprint density at radius 3 is 2.41 bits per heavy atom. The van der Waals surface area contributed by atoms with Crippen LogP contribution in [0.15, 0.2) is 5.29 Å². The Bertz CT molecular complexity index is 515. The highest BCUT2D eigenvalue weighted by Crippen LogP contribution is 2.26. The van der Waals surface area contributed by atoms with E-state index in [2.05, 4.69) is 5.29 Å². The number of nitroso groups, excluding NO2 is 1. The van der Waals surface area contributed by atoms with Crippen LogP contribution in [0.4, 0.5) is 4.79 Å². The zero-order valence-electron chi connectivity index (χ0n) is 16.9. The van der Waals surface area contributed by atoms with E-state index in [9.17, 15) is 30.1 Å². The van der Waals surface area contributed by atoms with Gasteiger partial charge in [-0.2, -0.15) is 5.01 Å². The number of alkyl halides is 1. The summed E-state index contributed by atoms with van der Waals surface area (Å²) in [7, 11) is 0. The second kappa shape index (κ2) is 12.6. The monoisotopic (exact) mass is 441 g/mol. The summed E-state index contributed by atoms with van der Waals surface area (Å²) in [6.07, 6.45) is -7.97. The van der Waals surface area contributed by atoms with Gasteiger partial charge in [0, 0.05) is 19.0 Å². The lowest BCUT2D eigenvalue weighted by atomic mass is 9.97. The third-order valence-electron chi connectivity index (χ3n) is 4.42. The van der Waals surface area contributed by atoms with Crippen LogP contribution in [-0.2, 0) is 9.47 Å². The number of nitrogens with zero attached hydrogens (tertiary/aromatic N) is 3. The highest BCUT2D eigenvalue weighted by Gasteiger charge is 2.49. The molecule has 2 amide bonds. The van der Waals surface area contributed by atoms with Gasteiger partial charge in [-0.3, -0.25) is 4.90 Å². The molecular weight excluding hydrogens is 410 g/mol. The predicted molar refractivity (Wildman–Crippen MR) is 104 cm³/mol. The molecule has 1 rings (SSSR count). The van der Waals surface area contributed by atoms with Crippen molar-refractivity contribution in [2.75, 3.05) is 25.6 Å². The third kappa shape index (κ3) is 6.99. The fourth-order valence-corrected chi connectivity index (χ4v) is 3.03. The minimum atomic E-state index is -1.75. The summed E-state index contributed by atoms with van der Waals surface area (Å²) in [5.41, 5.74) is 0. The number of halogens is 1. The number of rotatable bonds is 11. The van der Waals surface area contributed by atoms with Gasteiger partial charge >= 0.3 is 6.03 Å². The van der Waals surface area contributed by atoms with Crippen LogP contribution >= 0.6 is 11.6 Å². The number of urea groups is 1. The van der Waals surface area contributed by atoms with Crippen LogP contribution in [0.5, 0.6) is 0 Å². The van der Waals surface area contributed by atoms with Gasteiger partial charge < -0.3 is 29.9 Å². The largest absolute Gasteiger partial charge is 0.387 e. The fourth-order valence-electron chi connectivity index (χ4n) is 2.87. The van der Waals surface area contributed by atoms with E-state index in [1.807, 2.05) is 6.92 Å². The lowest BCUT2D eigenvalue weighted by Gasteiger charge is -2.44. The zero-order chi connectivity index (χ0) is 22.1. The number of carbonyl (C=O) groups excluding carboxylic acids is 1. The van der Waals surface area contributed by atoms with Gasteiger partial charge in [-0.05, 0) is 12.3 Å². The van der Waals surface area contributed by atoms with Crippen LogP contribution < -0.4 is 0 Å². The first kappa shape index (κ1) is 26.0. The topological polar surface area (TPSA) is 152 Å². The van der Waals surface area contributed by atoms with E-state index in [0.717, 1.165) is 11.3 Å². The lowest BCUT2D eigenvalue weighted by molar-refractivity contribution is -0.318. The van der Waals surface area contributed by atoms with Crippen molar-refractivity contribution in [1.82, 2.24) is 9.91 Å². The molecule has 0 saturated carbocycles. The zero-order valence-corrected chi connectivity index (χ0v) is 17.7. The Balaban J connectivity index is 3.06. The van der Waals surface area contributed by atoms with Gasteiger partial charge in [0.05, 0.1) is 11.8 Å². The SMILES string of the molecule is CCCCO[C@H]1O[C@H](C(O)N(CC(C)C)C(=O)N(CCCl)N=O)[C@@H](O)[C@H](O)[C@H]1O. The molecule has 0 aromatic carbocycles. The highest BCUT2D eigenvalue weighted by atomic mass is 35.5. The summed E-state index contributed by atoms with van der Waals surface area (Å²) in [4.78, 5) is 24.6. The number of aliphatic hydroxyl groups is 4. The molecule has 0 bridgehead atoms. The van der Waals surface area contributed by atoms with Crippen LogP contribution in [0.2, 0.25) is 0 Å². The summed E-state index contributed by atoms with van der Waals surface area (Å²) < 4.78 is 10.9. The summed E-state index contributed by atoms with van der Waals surface area (Å²) >= 11 is 5.58. The number of hydrogen-bond acceptors (Lipinski definition) is 9. The Kier molecular flexibility index (Phi) is 11.3. The molecule has 1 aliphatic rings. The van der Waals surface area contributed by atoms with Crippen molar-refractivity contribution < 1.29 is 34.7 Å². The Hall–Kier alpha value is -1.08. The minimum Gasteiger partial charge on any atom is -0.387 e. The number of unbranched alkanes of at least 4 members (excludes halogenated alkanes) is 1. The first-order valence-corrected chi connectivity index (χ1v) is 10.2. The second-order valence-corrected chi connectivity index (χ2v) is 7.68. The van der Waals surface area contributed by atoms with E-state index < -0.39 is 43.0 Å². The van der Waals surface area contributed by atoms with E-state index >= 15 is 0 Å². The van der Waals surface area contributed by atoms with Gasteiger partial charge in [0.25, 0.3) is 0 Å². The molecule has 1 unspecified atom stereocenters. The summed E-state index contributed by atoms with van der Waals surface area (Å²) in [5, 5.41) is 44.6. The molecule has 1 aliphatic heterocycles. The molecular formula is C17H32ClN3O8. The van der Waals surface area contributed by atoms with Gasteiger partial charge in [0.1, 0.15) is 24.4 Å². The summed E-state index contributed by atoms with van der Waals surface area (Å²) in [5.74, 6) is -0.171. The quantitative estimate of drug-likeness (QED) is 0.117. The summed E-state index contributed by atoms with van der Waals surface area (Å²) in [6.45, 7) is 5.55. The molecule has 1 saturated heterocycles. The maximum absolute atomic E-state index is 12.7. The number of ether oxygens (including phenoxy) is 2. The normalized spacial score (nSPS) is 28.2. The third-order valence-corrected chi connectivity index (χ3v) is 4.59. The molecule has 170 valence electrons. The van der Waals surface area contributed by atoms with Crippen LogP contribution in [0.1, 0.15) is 33.6 Å². The first-order chi connectivity index (χ1) is 13.7. The summed E-state index contributed by atoms with van der Waals surface area (Å²) in [6, 6.07) is -0.929. The molecule has 0 spiro atoms. The van der Waals surface area contributed by atoms with Crippen LogP contribution in [0.25, 0.3) is 0 Å². The average molecular weight is 442 g/mol. The number of amides is 2. The molecule has 0 radical (unpaired) electrons. The molecule has 4 N–H and O–H groups in total. The van der Waals surface area contributed by atoms with Gasteiger partial charge in [-0.15, -0.1) is 16.5 Å². The van der Waals surface area contributed by atoms with Crippen molar-refractivity contribution in [3.63, 3.8) is 0 Å². The van der Waals surface area contributed by atoms with Crippen molar-refractivity contribution in [1.29, 1.82) is 0 Å². The van der Waals surface area contributed by atoms with Crippen LogP contribution in [0.3, 0.4) is 0 Å². The molecule has 1 heterocycles. The van der Waals surface area contributed by atoms with Crippen LogP contribution in [-0.4, -0.2) is 98.9 Å². The van der Waals surface area contributed by atoms with Gasteiger partial charge in [0.2, 0.25) is 0 Å².